The van der Waals surface area contributed by atoms with Crippen LogP contribution in [0.15, 0.2) is 48.7 Å². The minimum atomic E-state index is -0.550. The van der Waals surface area contributed by atoms with E-state index in [0.717, 1.165) is 90.5 Å². The summed E-state index contributed by atoms with van der Waals surface area (Å²) in [6, 6.07) is 11.7. The van der Waals surface area contributed by atoms with Crippen LogP contribution in [-0.2, 0) is 19.1 Å². The molecule has 0 spiro atoms. The number of imide groups is 1. The van der Waals surface area contributed by atoms with Crippen molar-refractivity contribution in [3.8, 4) is 11.3 Å². The number of carbonyl (C=O) groups is 4. The molecule has 4 saturated heterocycles. The minimum Gasteiger partial charge on any atom is -0.449 e. The Morgan fingerprint density at radius 3 is 2.40 bits per heavy atom. The quantitative estimate of drug-likeness (QED) is 0.206. The normalized spacial score (nSPS) is 24.0. The second kappa shape index (κ2) is 17.8. The van der Waals surface area contributed by atoms with E-state index in [9.17, 15) is 23.6 Å². The number of rotatable bonds is 10. The molecule has 5 aliphatic rings. The lowest BCUT2D eigenvalue weighted by Crippen LogP contribution is -2.47. The fourth-order valence-corrected chi connectivity index (χ4v) is 9.28. The van der Waals surface area contributed by atoms with Crippen LogP contribution in [-0.4, -0.2) is 102 Å². The lowest BCUT2D eigenvalue weighted by atomic mass is 9.84. The number of amides is 4. The summed E-state index contributed by atoms with van der Waals surface area (Å²) in [6.45, 7) is 5.28. The molecule has 3 aromatic rings. The number of anilines is 3. The molecule has 1 saturated carbocycles. The van der Waals surface area contributed by atoms with Gasteiger partial charge in [-0.3, -0.25) is 24.6 Å². The summed E-state index contributed by atoms with van der Waals surface area (Å²) >= 11 is 0. The van der Waals surface area contributed by atoms with Crippen LogP contribution in [0.1, 0.15) is 82.1 Å². The number of piperidine rings is 3. The maximum Gasteiger partial charge on any atom is 0.414 e. The van der Waals surface area contributed by atoms with Crippen LogP contribution in [0.4, 0.5) is 30.9 Å². The van der Waals surface area contributed by atoms with Crippen LogP contribution in [0.25, 0.3) is 11.3 Å². The number of hydrogen-bond acceptors (Lipinski definition) is 10. The molecule has 5 heterocycles. The summed E-state index contributed by atoms with van der Waals surface area (Å²) in [5.74, 6) is -0.231. The predicted molar refractivity (Wildman–Crippen MR) is 214 cm³/mol. The first-order valence-electron chi connectivity index (χ1n) is 20.9. The van der Waals surface area contributed by atoms with Crippen molar-refractivity contribution < 1.29 is 32.7 Å². The number of aromatic nitrogens is 2. The molecule has 15 heteroatoms. The number of halogens is 2. The fourth-order valence-electron chi connectivity index (χ4n) is 9.28. The molecule has 1 unspecified atom stereocenters. The highest BCUT2D eigenvalue weighted by Gasteiger charge is 2.33. The van der Waals surface area contributed by atoms with E-state index < -0.39 is 18.0 Å². The van der Waals surface area contributed by atoms with Gasteiger partial charge in [0.1, 0.15) is 17.6 Å². The van der Waals surface area contributed by atoms with Gasteiger partial charge in [0, 0.05) is 61.5 Å². The largest absolute Gasteiger partial charge is 0.449 e. The van der Waals surface area contributed by atoms with Gasteiger partial charge in [-0.1, -0.05) is 18.2 Å². The van der Waals surface area contributed by atoms with Crippen LogP contribution in [0.3, 0.4) is 0 Å². The average molecular weight is 799 g/mol. The van der Waals surface area contributed by atoms with E-state index in [4.69, 9.17) is 4.74 Å². The third kappa shape index (κ3) is 9.24. The first-order chi connectivity index (χ1) is 28.2. The van der Waals surface area contributed by atoms with E-state index >= 15 is 4.39 Å². The summed E-state index contributed by atoms with van der Waals surface area (Å²) in [4.78, 5) is 64.2. The standard InChI is InChI=1S/C43H52F2N8O5/c44-35-24-32(47-37-11-12-38(54)49-40(37)55)9-10-34(35)28-15-18-51(19-16-28)26-27-13-20-52(21-14-27)41(56)29-5-7-31(8-6-29)48-42-46-25-36(45)39(50-42)30-3-1-4-33(23-30)53-17-2-22-58-43(53)57/h1,3-4,9-10,23-25,27-29,31,37,47H,2,5-8,11-22,26H2,(H,46,48,50)(H,49,54,55). The van der Waals surface area contributed by atoms with Crippen molar-refractivity contribution in [2.24, 2.45) is 11.8 Å². The molecule has 0 bridgehead atoms. The van der Waals surface area contributed by atoms with Crippen molar-refractivity contribution in [1.29, 1.82) is 0 Å². The van der Waals surface area contributed by atoms with Crippen LogP contribution < -0.4 is 20.9 Å². The minimum absolute atomic E-state index is 0.00906. The van der Waals surface area contributed by atoms with E-state index in [1.807, 2.05) is 12.1 Å². The smallest absolute Gasteiger partial charge is 0.414 e. The highest BCUT2D eigenvalue weighted by molar-refractivity contribution is 6.01. The predicted octanol–water partition coefficient (Wildman–Crippen LogP) is 6.07. The van der Waals surface area contributed by atoms with Gasteiger partial charge in [-0.2, -0.15) is 0 Å². The summed E-state index contributed by atoms with van der Waals surface area (Å²) in [5.41, 5.74) is 2.58. The first-order valence-corrected chi connectivity index (χ1v) is 20.9. The zero-order valence-electron chi connectivity index (χ0n) is 32.8. The molecule has 3 N–H and O–H groups in total. The molecule has 0 radical (unpaired) electrons. The number of likely N-dealkylation sites (tertiary alicyclic amines) is 2. The van der Waals surface area contributed by atoms with Crippen LogP contribution in [0, 0.1) is 23.5 Å². The van der Waals surface area contributed by atoms with Gasteiger partial charge in [0.2, 0.25) is 23.7 Å². The van der Waals surface area contributed by atoms with E-state index in [1.54, 1.807) is 29.2 Å². The Labute approximate surface area is 337 Å². The van der Waals surface area contributed by atoms with Crippen molar-refractivity contribution in [3.63, 3.8) is 0 Å². The number of nitrogens with zero attached hydrogens (tertiary/aromatic N) is 5. The molecule has 1 atom stereocenters. The van der Waals surface area contributed by atoms with Crippen molar-refractivity contribution >= 4 is 41.1 Å². The van der Waals surface area contributed by atoms with E-state index in [2.05, 4.69) is 35.7 Å². The van der Waals surface area contributed by atoms with Gasteiger partial charge in [-0.25, -0.2) is 23.5 Å². The molecule has 8 rings (SSSR count). The van der Waals surface area contributed by atoms with Crippen LogP contribution in [0.5, 0.6) is 0 Å². The van der Waals surface area contributed by atoms with Gasteiger partial charge < -0.3 is 25.2 Å². The molecule has 308 valence electrons. The Hall–Kier alpha value is -5.18. The second-order valence-electron chi connectivity index (χ2n) is 16.5. The van der Waals surface area contributed by atoms with Gasteiger partial charge in [0.05, 0.1) is 12.8 Å². The number of benzene rings is 2. The molecular formula is C43H52F2N8O5. The van der Waals surface area contributed by atoms with E-state index in [-0.39, 0.29) is 53.5 Å². The van der Waals surface area contributed by atoms with Crippen LogP contribution >= 0.6 is 0 Å². The third-order valence-corrected chi connectivity index (χ3v) is 12.6. The summed E-state index contributed by atoms with van der Waals surface area (Å²) in [6.07, 6.45) is 8.98. The number of ether oxygens (including phenoxy) is 1. The molecule has 4 aliphatic heterocycles. The Kier molecular flexibility index (Phi) is 12.1. The van der Waals surface area contributed by atoms with Crippen molar-refractivity contribution in [2.75, 3.05) is 61.4 Å². The SMILES string of the molecule is O=C1CCC(Nc2ccc(C3CCN(CC4CCN(C(=O)C5CCC(Nc6ncc(F)c(-c7cccc(N8CCCOC8=O)c7)n6)CC5)CC4)CC3)c(F)c2)C(=O)N1. The highest BCUT2D eigenvalue weighted by atomic mass is 19.1. The lowest BCUT2D eigenvalue weighted by Gasteiger charge is -2.39. The van der Waals surface area contributed by atoms with Crippen molar-refractivity contribution in [3.05, 3.63) is 65.9 Å². The molecule has 13 nitrogen and oxygen atoms in total. The highest BCUT2D eigenvalue weighted by Crippen LogP contribution is 2.34. The summed E-state index contributed by atoms with van der Waals surface area (Å²) in [5, 5.41) is 8.77. The van der Waals surface area contributed by atoms with Gasteiger partial charge in [0.15, 0.2) is 5.82 Å². The lowest BCUT2D eigenvalue weighted by molar-refractivity contribution is -0.138. The van der Waals surface area contributed by atoms with Gasteiger partial charge in [0.25, 0.3) is 0 Å². The molecule has 1 aromatic heterocycles. The molecule has 2 aromatic carbocycles. The van der Waals surface area contributed by atoms with E-state index in [1.165, 1.54) is 12.3 Å². The molecular weight excluding hydrogens is 747 g/mol. The molecule has 58 heavy (non-hydrogen) atoms. The number of cyclic esters (lactones) is 1. The Morgan fingerprint density at radius 1 is 0.862 bits per heavy atom. The van der Waals surface area contributed by atoms with Gasteiger partial charge in [-0.15, -0.1) is 0 Å². The number of hydrogen-bond donors (Lipinski definition) is 3. The number of carbonyl (C=O) groups excluding carboxylic acids is 4. The molecule has 5 fully saturated rings. The Morgan fingerprint density at radius 2 is 1.66 bits per heavy atom. The third-order valence-electron chi connectivity index (χ3n) is 12.6. The average Bonchev–Trinajstić information content (AvgIpc) is 3.23. The maximum atomic E-state index is 15.2. The fraction of sp³-hybridized carbons (Fsp3) is 0.535. The topological polar surface area (TPSA) is 149 Å². The number of nitrogens with one attached hydrogen (secondary N) is 3. The maximum absolute atomic E-state index is 15.2. The van der Waals surface area contributed by atoms with Gasteiger partial charge in [-0.05, 0) is 119 Å². The summed E-state index contributed by atoms with van der Waals surface area (Å²) in [7, 11) is 0. The summed E-state index contributed by atoms with van der Waals surface area (Å²) < 4.78 is 35.4. The zero-order valence-corrected chi connectivity index (χ0v) is 32.8. The molecule has 4 amide bonds. The monoisotopic (exact) mass is 798 g/mol. The second-order valence-corrected chi connectivity index (χ2v) is 16.5. The van der Waals surface area contributed by atoms with Gasteiger partial charge >= 0.3 is 6.09 Å². The Balaban J connectivity index is 0.755. The first kappa shape index (κ1) is 39.6. The van der Waals surface area contributed by atoms with Crippen LogP contribution in [0.2, 0.25) is 0 Å². The van der Waals surface area contributed by atoms with Crippen molar-refractivity contribution in [2.45, 2.75) is 88.6 Å². The van der Waals surface area contributed by atoms with E-state index in [0.29, 0.717) is 53.9 Å². The molecule has 1 aliphatic carbocycles. The zero-order chi connectivity index (χ0) is 40.2. The van der Waals surface area contributed by atoms with Crippen molar-refractivity contribution in [1.82, 2.24) is 25.1 Å². The Bertz CT molecular complexity index is 1990.